The summed E-state index contributed by atoms with van der Waals surface area (Å²) in [5.74, 6) is 1.38. The third-order valence-corrected chi connectivity index (χ3v) is 6.89. The molecule has 1 aliphatic rings. The van der Waals surface area contributed by atoms with Gasteiger partial charge in [-0.3, -0.25) is 9.59 Å². The van der Waals surface area contributed by atoms with Crippen molar-refractivity contribution in [2.24, 2.45) is 0 Å². The lowest BCUT2D eigenvalue weighted by Crippen LogP contribution is -2.50. The van der Waals surface area contributed by atoms with Crippen LogP contribution in [0.15, 0.2) is 59.8 Å². The summed E-state index contributed by atoms with van der Waals surface area (Å²) in [6, 6.07) is 13.8. The Bertz CT molecular complexity index is 1520. The van der Waals surface area contributed by atoms with E-state index in [1.165, 1.54) is 5.56 Å². The first kappa shape index (κ1) is 24.4. The average molecular weight is 498 g/mol. The Balaban J connectivity index is 1.32. The van der Waals surface area contributed by atoms with Crippen molar-refractivity contribution in [3.05, 3.63) is 82.0 Å². The smallest absolute Gasteiger partial charge is 0.259 e. The van der Waals surface area contributed by atoms with Gasteiger partial charge in [0.15, 0.2) is 0 Å². The van der Waals surface area contributed by atoms with Crippen LogP contribution in [0.25, 0.3) is 11.0 Å². The molecule has 4 heterocycles. The second kappa shape index (κ2) is 10.0. The fourth-order valence-electron chi connectivity index (χ4n) is 4.72. The maximum Gasteiger partial charge on any atom is 0.259 e. The number of hydrogen-bond donors (Lipinski definition) is 0. The van der Waals surface area contributed by atoms with Crippen LogP contribution in [0.4, 0.5) is 17.3 Å². The number of rotatable bonds is 5. The van der Waals surface area contributed by atoms with Crippen molar-refractivity contribution in [3.8, 4) is 0 Å². The maximum atomic E-state index is 13.4. The molecule has 0 bridgehead atoms. The first-order valence-corrected chi connectivity index (χ1v) is 12.5. The number of benzene rings is 1. The van der Waals surface area contributed by atoms with E-state index in [0.717, 1.165) is 23.0 Å². The third-order valence-electron chi connectivity index (χ3n) is 6.89. The van der Waals surface area contributed by atoms with E-state index in [4.69, 9.17) is 0 Å². The lowest BCUT2D eigenvalue weighted by Gasteiger charge is -2.35. The summed E-state index contributed by atoms with van der Waals surface area (Å²) in [5, 5.41) is 0.475. The number of carbonyl (C=O) groups is 1. The maximum absolute atomic E-state index is 13.4. The number of hydrogen-bond acceptors (Lipinski definition) is 7. The van der Waals surface area contributed by atoms with Crippen LogP contribution >= 0.6 is 0 Å². The first-order chi connectivity index (χ1) is 17.9. The van der Waals surface area contributed by atoms with Crippen LogP contribution in [0.2, 0.25) is 0 Å². The van der Waals surface area contributed by atoms with Gasteiger partial charge in [-0.1, -0.05) is 12.1 Å². The average Bonchev–Trinajstić information content (AvgIpc) is 2.92. The summed E-state index contributed by atoms with van der Waals surface area (Å²) < 4.78 is 1.88. The van der Waals surface area contributed by atoms with E-state index in [1.807, 2.05) is 48.6 Å². The molecule has 1 fully saturated rings. The zero-order valence-electron chi connectivity index (χ0n) is 21.7. The molecule has 190 valence electrons. The third kappa shape index (κ3) is 4.76. The minimum atomic E-state index is -0.265. The quantitative estimate of drug-likeness (QED) is 0.417. The predicted octanol–water partition coefficient (Wildman–Crippen LogP) is 3.55. The molecule has 4 aromatic rings. The first-order valence-electron chi connectivity index (χ1n) is 12.5. The number of anilines is 3. The Morgan fingerprint density at radius 2 is 1.81 bits per heavy atom. The molecule has 9 nitrogen and oxygen atoms in total. The highest BCUT2D eigenvalue weighted by atomic mass is 16.2. The summed E-state index contributed by atoms with van der Waals surface area (Å²) in [7, 11) is 1.99. The number of amides is 1. The van der Waals surface area contributed by atoms with E-state index >= 15 is 0 Å². The molecule has 0 N–H and O–H groups in total. The molecule has 5 rings (SSSR count). The fraction of sp³-hybridized carbons (Fsp3) is 0.321. The van der Waals surface area contributed by atoms with Crippen molar-refractivity contribution in [1.82, 2.24) is 24.4 Å². The van der Waals surface area contributed by atoms with Gasteiger partial charge in [-0.15, -0.1) is 0 Å². The zero-order valence-corrected chi connectivity index (χ0v) is 21.7. The number of pyridine rings is 2. The molecule has 3 aromatic heterocycles. The Hall–Kier alpha value is -4.27. The Morgan fingerprint density at radius 1 is 1.03 bits per heavy atom. The van der Waals surface area contributed by atoms with Crippen LogP contribution in [0.5, 0.6) is 0 Å². The monoisotopic (exact) mass is 497 g/mol. The molecular formula is C28H31N7O2. The normalized spacial score (nSPS) is 13.7. The van der Waals surface area contributed by atoms with Crippen LogP contribution < -0.4 is 15.2 Å². The molecule has 0 spiro atoms. The van der Waals surface area contributed by atoms with E-state index in [0.29, 0.717) is 43.8 Å². The molecule has 0 saturated carbocycles. The van der Waals surface area contributed by atoms with Gasteiger partial charge in [-0.25, -0.2) is 15.0 Å². The van der Waals surface area contributed by atoms with E-state index in [-0.39, 0.29) is 16.9 Å². The summed E-state index contributed by atoms with van der Waals surface area (Å²) in [4.78, 5) is 46.0. The summed E-state index contributed by atoms with van der Waals surface area (Å²) in [6.07, 6.45) is 3.23. The van der Waals surface area contributed by atoms with E-state index in [1.54, 1.807) is 23.5 Å². The number of nitrogens with zero attached hydrogens (tertiary/aromatic N) is 7. The van der Waals surface area contributed by atoms with Gasteiger partial charge < -0.3 is 19.3 Å². The van der Waals surface area contributed by atoms with Gasteiger partial charge in [-0.05, 0) is 50.6 Å². The van der Waals surface area contributed by atoms with Crippen LogP contribution in [-0.4, -0.2) is 63.6 Å². The molecule has 0 radical (unpaired) electrons. The molecule has 0 aliphatic carbocycles. The molecule has 1 amide bonds. The fourth-order valence-corrected chi connectivity index (χ4v) is 4.72. The summed E-state index contributed by atoms with van der Waals surface area (Å²) in [5.41, 5.74) is 3.62. The Labute approximate surface area is 216 Å². The molecule has 1 aliphatic heterocycles. The van der Waals surface area contributed by atoms with Crippen LogP contribution in [0.3, 0.4) is 0 Å². The van der Waals surface area contributed by atoms with Gasteiger partial charge in [-0.2, -0.15) is 0 Å². The summed E-state index contributed by atoms with van der Waals surface area (Å²) in [6.45, 7) is 8.80. The zero-order chi connectivity index (χ0) is 26.1. The number of piperazine rings is 1. The van der Waals surface area contributed by atoms with Gasteiger partial charge in [0.05, 0.1) is 5.39 Å². The molecule has 0 unspecified atom stereocenters. The van der Waals surface area contributed by atoms with Crippen molar-refractivity contribution in [3.63, 3.8) is 0 Å². The van der Waals surface area contributed by atoms with Crippen LogP contribution in [0, 0.1) is 13.8 Å². The van der Waals surface area contributed by atoms with Crippen LogP contribution in [0.1, 0.15) is 28.5 Å². The van der Waals surface area contributed by atoms with Gasteiger partial charge in [0.2, 0.25) is 5.43 Å². The van der Waals surface area contributed by atoms with E-state index in [2.05, 4.69) is 45.0 Å². The lowest BCUT2D eigenvalue weighted by molar-refractivity contribution is 0.0744. The number of aromatic nitrogens is 4. The molecule has 0 atom stereocenters. The van der Waals surface area contributed by atoms with Gasteiger partial charge in [0.25, 0.3) is 5.91 Å². The summed E-state index contributed by atoms with van der Waals surface area (Å²) >= 11 is 0. The number of aryl methyl sites for hydroxylation is 3. The lowest BCUT2D eigenvalue weighted by atomic mass is 10.1. The molecular weight excluding hydrogens is 466 g/mol. The highest BCUT2D eigenvalue weighted by Gasteiger charge is 2.26. The second-order valence-corrected chi connectivity index (χ2v) is 9.39. The minimum Gasteiger partial charge on any atom is -0.353 e. The highest BCUT2D eigenvalue weighted by Crippen LogP contribution is 2.25. The second-order valence-electron chi connectivity index (χ2n) is 9.39. The highest BCUT2D eigenvalue weighted by molar-refractivity contribution is 5.97. The topological polar surface area (TPSA) is 87.5 Å². The van der Waals surface area contributed by atoms with E-state index in [9.17, 15) is 9.59 Å². The van der Waals surface area contributed by atoms with Gasteiger partial charge in [0.1, 0.15) is 29.2 Å². The molecule has 1 aromatic carbocycles. The minimum absolute atomic E-state index is 0.192. The standard InChI is InChI=1S/C28H31N7O2/c1-5-33-17-23(26(36)22-10-9-20(3)31-27(22)33)28(37)35-13-11-34(12-14-35)25-16-24(29-18-30-25)32(4)21-8-6-7-19(2)15-21/h6-10,15-18H,5,11-14H2,1-4H3. The Kier molecular flexibility index (Phi) is 6.60. The van der Waals surface area contributed by atoms with Crippen molar-refractivity contribution < 1.29 is 4.79 Å². The van der Waals surface area contributed by atoms with E-state index < -0.39 is 0 Å². The van der Waals surface area contributed by atoms with Crippen molar-refractivity contribution >= 4 is 34.3 Å². The van der Waals surface area contributed by atoms with Crippen molar-refractivity contribution in [2.75, 3.05) is 43.0 Å². The van der Waals surface area contributed by atoms with Gasteiger partial charge in [0, 0.05) is 63.4 Å². The SMILES string of the molecule is CCn1cc(C(=O)N2CCN(c3cc(N(C)c4cccc(C)c4)ncn3)CC2)c(=O)c2ccc(C)nc21. The van der Waals surface area contributed by atoms with Crippen molar-refractivity contribution in [2.45, 2.75) is 27.3 Å². The van der Waals surface area contributed by atoms with Gasteiger partial charge >= 0.3 is 0 Å². The van der Waals surface area contributed by atoms with Crippen molar-refractivity contribution in [1.29, 1.82) is 0 Å². The predicted molar refractivity (Wildman–Crippen MR) is 146 cm³/mol. The van der Waals surface area contributed by atoms with Crippen LogP contribution in [-0.2, 0) is 6.54 Å². The molecule has 1 saturated heterocycles. The number of carbonyl (C=O) groups excluding carboxylic acids is 1. The molecule has 9 heteroatoms. The number of fused-ring (bicyclic) bond motifs is 1. The Morgan fingerprint density at radius 3 is 2.54 bits per heavy atom. The largest absolute Gasteiger partial charge is 0.353 e. The molecule has 37 heavy (non-hydrogen) atoms.